The van der Waals surface area contributed by atoms with Crippen LogP contribution in [0.15, 0.2) is 22.7 Å². The highest BCUT2D eigenvalue weighted by atomic mass is 79.9. The van der Waals surface area contributed by atoms with E-state index in [0.717, 1.165) is 37.9 Å². The van der Waals surface area contributed by atoms with Crippen LogP contribution in [0.25, 0.3) is 0 Å². The highest BCUT2D eigenvalue weighted by Crippen LogP contribution is 2.18. The molecular weight excluding hydrogens is 391 g/mol. The van der Waals surface area contributed by atoms with Crippen LogP contribution in [0.4, 0.5) is 4.39 Å². The van der Waals surface area contributed by atoms with Crippen LogP contribution in [0.3, 0.4) is 0 Å². The van der Waals surface area contributed by atoms with Crippen LogP contribution in [-0.4, -0.2) is 53.8 Å². The van der Waals surface area contributed by atoms with Crippen molar-refractivity contribution in [3.63, 3.8) is 0 Å². The molecule has 1 amide bonds. The van der Waals surface area contributed by atoms with E-state index in [-0.39, 0.29) is 5.91 Å². The average molecular weight is 408 g/mol. The van der Waals surface area contributed by atoms with Crippen molar-refractivity contribution in [2.45, 2.75) is 6.42 Å². The fraction of sp³-hybridized carbons (Fsp3) is 0.500. The number of carbonyl (C=O) groups excluding carboxylic acids is 1. The van der Waals surface area contributed by atoms with E-state index in [4.69, 9.17) is 0 Å². The van der Waals surface area contributed by atoms with Crippen molar-refractivity contribution in [2.24, 2.45) is 0 Å². The lowest BCUT2D eigenvalue weighted by molar-refractivity contribution is 0.0761. The molecule has 20 heavy (non-hydrogen) atoms. The second-order valence-corrected chi connectivity index (χ2v) is 6.45. The number of amides is 1. The third kappa shape index (κ3) is 4.02. The van der Waals surface area contributed by atoms with Gasteiger partial charge in [-0.05, 0) is 47.1 Å². The molecule has 0 unspecified atom stereocenters. The summed E-state index contributed by atoms with van der Waals surface area (Å²) in [4.78, 5) is 16.6. The smallest absolute Gasteiger partial charge is 0.254 e. The molecule has 3 nitrogen and oxygen atoms in total. The molecule has 0 N–H and O–H groups in total. The minimum absolute atomic E-state index is 0.0860. The molecule has 110 valence electrons. The molecule has 0 bridgehead atoms. The summed E-state index contributed by atoms with van der Waals surface area (Å²) in [6.45, 7) is 4.30. The van der Waals surface area contributed by atoms with Gasteiger partial charge < -0.3 is 9.80 Å². The van der Waals surface area contributed by atoms with E-state index in [2.05, 4.69) is 36.8 Å². The first-order valence-corrected chi connectivity index (χ1v) is 8.56. The molecule has 0 spiro atoms. The molecule has 0 saturated carbocycles. The molecule has 1 aromatic rings. The number of benzene rings is 1. The summed E-state index contributed by atoms with van der Waals surface area (Å²) < 4.78 is 13.9. The van der Waals surface area contributed by atoms with Gasteiger partial charge in [-0.25, -0.2) is 4.39 Å². The largest absolute Gasteiger partial charge is 0.337 e. The maximum atomic E-state index is 13.5. The number of carbonyl (C=O) groups is 1. The predicted octanol–water partition coefficient (Wildman–Crippen LogP) is 3.13. The Hall–Kier alpha value is -0.460. The van der Waals surface area contributed by atoms with Gasteiger partial charge in [-0.1, -0.05) is 15.9 Å². The van der Waals surface area contributed by atoms with Gasteiger partial charge in [0.05, 0.1) is 4.47 Å². The molecule has 0 aliphatic carbocycles. The summed E-state index contributed by atoms with van der Waals surface area (Å²) in [5.74, 6) is -0.483. The predicted molar refractivity (Wildman–Crippen MR) is 84.9 cm³/mol. The van der Waals surface area contributed by atoms with Crippen molar-refractivity contribution in [1.82, 2.24) is 9.80 Å². The Bertz CT molecular complexity index is 484. The van der Waals surface area contributed by atoms with Crippen LogP contribution < -0.4 is 0 Å². The zero-order valence-corrected chi connectivity index (χ0v) is 14.3. The second-order valence-electron chi connectivity index (χ2n) is 4.81. The minimum Gasteiger partial charge on any atom is -0.337 e. The molecule has 2 rings (SSSR count). The summed E-state index contributed by atoms with van der Waals surface area (Å²) in [7, 11) is 0. The molecule has 6 heteroatoms. The Kier molecular flexibility index (Phi) is 5.99. The number of alkyl halides is 1. The molecule has 1 fully saturated rings. The molecule has 0 aromatic heterocycles. The third-order valence-electron chi connectivity index (χ3n) is 3.44. The van der Waals surface area contributed by atoms with Gasteiger partial charge in [0.25, 0.3) is 5.91 Å². The molecule has 1 aliphatic heterocycles. The number of nitrogens with zero attached hydrogens (tertiary/aromatic N) is 2. The molecule has 1 aromatic carbocycles. The van der Waals surface area contributed by atoms with E-state index in [9.17, 15) is 9.18 Å². The Morgan fingerprint density at radius 1 is 1.25 bits per heavy atom. The first kappa shape index (κ1) is 15.9. The zero-order valence-electron chi connectivity index (χ0n) is 11.1. The Balaban J connectivity index is 2.03. The molecule has 0 atom stereocenters. The van der Waals surface area contributed by atoms with Crippen LogP contribution in [0.1, 0.15) is 16.8 Å². The molecule has 1 aliphatic rings. The summed E-state index contributed by atoms with van der Waals surface area (Å²) >= 11 is 6.54. The second kappa shape index (κ2) is 7.52. The Morgan fingerprint density at radius 2 is 2.05 bits per heavy atom. The van der Waals surface area contributed by atoms with E-state index in [1.165, 1.54) is 6.07 Å². The summed E-state index contributed by atoms with van der Waals surface area (Å²) in [6.07, 6.45) is 0.956. The van der Waals surface area contributed by atoms with Gasteiger partial charge in [0.1, 0.15) is 5.82 Å². The van der Waals surface area contributed by atoms with E-state index in [1.807, 2.05) is 4.90 Å². The summed E-state index contributed by atoms with van der Waals surface area (Å²) in [5.41, 5.74) is 0.416. The molecule has 1 heterocycles. The first-order valence-electron chi connectivity index (χ1n) is 6.64. The lowest BCUT2D eigenvalue weighted by Crippen LogP contribution is -2.35. The van der Waals surface area contributed by atoms with Crippen molar-refractivity contribution < 1.29 is 9.18 Å². The monoisotopic (exact) mass is 406 g/mol. The zero-order chi connectivity index (χ0) is 14.5. The van der Waals surface area contributed by atoms with Crippen molar-refractivity contribution in [3.05, 3.63) is 34.1 Å². The number of hydrogen-bond acceptors (Lipinski definition) is 2. The fourth-order valence-corrected chi connectivity index (χ4v) is 3.08. The van der Waals surface area contributed by atoms with Crippen LogP contribution in [0.5, 0.6) is 0 Å². The topological polar surface area (TPSA) is 23.6 Å². The fourth-order valence-electron chi connectivity index (χ4n) is 2.33. The van der Waals surface area contributed by atoms with Crippen molar-refractivity contribution in [3.8, 4) is 0 Å². The number of rotatable bonds is 3. The van der Waals surface area contributed by atoms with Crippen LogP contribution in [-0.2, 0) is 0 Å². The maximum Gasteiger partial charge on any atom is 0.254 e. The highest BCUT2D eigenvalue weighted by molar-refractivity contribution is 9.10. The van der Waals surface area contributed by atoms with Gasteiger partial charge in [-0.15, -0.1) is 0 Å². The minimum atomic E-state index is -0.397. The first-order chi connectivity index (χ1) is 9.61. The lowest BCUT2D eigenvalue weighted by Gasteiger charge is -2.21. The maximum absolute atomic E-state index is 13.5. The van der Waals surface area contributed by atoms with Gasteiger partial charge in [0, 0.05) is 37.1 Å². The van der Waals surface area contributed by atoms with Gasteiger partial charge in [-0.3, -0.25) is 4.79 Å². The van der Waals surface area contributed by atoms with E-state index in [1.54, 1.807) is 12.1 Å². The number of hydrogen-bond donors (Lipinski definition) is 0. The van der Waals surface area contributed by atoms with E-state index < -0.39 is 5.82 Å². The quantitative estimate of drug-likeness (QED) is 0.718. The molecule has 1 saturated heterocycles. The number of halogens is 3. The summed E-state index contributed by atoms with van der Waals surface area (Å²) in [6, 6.07) is 4.54. The standard InChI is InChI=1S/C14H17Br2FN2O/c15-4-7-18-5-1-6-19(9-8-18)14(20)11-2-3-12(16)13(17)10-11/h2-3,10H,1,4-9H2. The summed E-state index contributed by atoms with van der Waals surface area (Å²) in [5, 5.41) is 0.943. The van der Waals surface area contributed by atoms with Crippen LogP contribution >= 0.6 is 31.9 Å². The van der Waals surface area contributed by atoms with Crippen molar-refractivity contribution in [1.29, 1.82) is 0 Å². The molecule has 0 radical (unpaired) electrons. The van der Waals surface area contributed by atoms with Gasteiger partial charge >= 0.3 is 0 Å². The average Bonchev–Trinajstić information content (AvgIpc) is 2.67. The van der Waals surface area contributed by atoms with Crippen LogP contribution in [0, 0.1) is 5.82 Å². The SMILES string of the molecule is O=C(c1ccc(Br)c(F)c1)N1CCCN(CCBr)CC1. The van der Waals surface area contributed by atoms with E-state index in [0.29, 0.717) is 16.6 Å². The van der Waals surface area contributed by atoms with Gasteiger partial charge in [-0.2, -0.15) is 0 Å². The molecular formula is C14H17Br2FN2O. The highest BCUT2D eigenvalue weighted by Gasteiger charge is 2.20. The normalized spacial score (nSPS) is 17.1. The lowest BCUT2D eigenvalue weighted by atomic mass is 10.2. The van der Waals surface area contributed by atoms with Crippen molar-refractivity contribution >= 4 is 37.8 Å². The van der Waals surface area contributed by atoms with Crippen molar-refractivity contribution in [2.75, 3.05) is 38.1 Å². The van der Waals surface area contributed by atoms with Gasteiger partial charge in [0.2, 0.25) is 0 Å². The van der Waals surface area contributed by atoms with Gasteiger partial charge in [0.15, 0.2) is 0 Å². The Morgan fingerprint density at radius 3 is 2.75 bits per heavy atom. The van der Waals surface area contributed by atoms with Crippen LogP contribution in [0.2, 0.25) is 0 Å². The Labute approximate surface area is 135 Å². The third-order valence-corrected chi connectivity index (χ3v) is 4.44. The van der Waals surface area contributed by atoms with E-state index >= 15 is 0 Å².